The molecule has 5 heteroatoms. The van der Waals surface area contributed by atoms with E-state index < -0.39 is 5.97 Å². The van der Waals surface area contributed by atoms with Gasteiger partial charge in [0.25, 0.3) is 0 Å². The van der Waals surface area contributed by atoms with Gasteiger partial charge in [0.15, 0.2) is 5.82 Å². The number of rotatable bonds is 3. The zero-order valence-corrected chi connectivity index (χ0v) is 8.76. The van der Waals surface area contributed by atoms with E-state index in [1.165, 1.54) is 0 Å². The summed E-state index contributed by atoms with van der Waals surface area (Å²) in [6, 6.07) is 2.04. The molecule has 1 aromatic heterocycles. The smallest absolute Gasteiger partial charge is 0.305 e. The van der Waals surface area contributed by atoms with E-state index >= 15 is 0 Å². The molecular weight excluding hydrogens is 194 g/mol. The van der Waals surface area contributed by atoms with E-state index in [1.54, 1.807) is 4.68 Å². The molecule has 15 heavy (non-hydrogen) atoms. The minimum atomic E-state index is -0.733. The summed E-state index contributed by atoms with van der Waals surface area (Å²) < 4.78 is 1.74. The van der Waals surface area contributed by atoms with Crippen LogP contribution in [-0.2, 0) is 11.8 Å². The van der Waals surface area contributed by atoms with Crippen LogP contribution >= 0.6 is 0 Å². The van der Waals surface area contributed by atoms with Crippen LogP contribution in [0.15, 0.2) is 12.3 Å². The van der Waals surface area contributed by atoms with E-state index in [-0.39, 0.29) is 12.5 Å². The van der Waals surface area contributed by atoms with Crippen molar-refractivity contribution < 1.29 is 9.90 Å². The lowest BCUT2D eigenvalue weighted by molar-refractivity contribution is -0.137. The van der Waals surface area contributed by atoms with E-state index in [0.29, 0.717) is 0 Å². The highest BCUT2D eigenvalue weighted by Gasteiger charge is 2.27. The third-order valence-electron chi connectivity index (χ3n) is 2.78. The van der Waals surface area contributed by atoms with Gasteiger partial charge in [0.1, 0.15) is 0 Å². The quantitative estimate of drug-likeness (QED) is 0.802. The second-order valence-electron chi connectivity index (χ2n) is 3.93. The minimum Gasteiger partial charge on any atom is -0.481 e. The molecular formula is C10H15N3O2. The molecule has 0 aromatic carbocycles. The number of carbonyl (C=O) groups is 1. The van der Waals surface area contributed by atoms with Crippen LogP contribution in [0.3, 0.4) is 0 Å². The largest absolute Gasteiger partial charge is 0.481 e. The van der Waals surface area contributed by atoms with Gasteiger partial charge in [-0.25, -0.2) is 0 Å². The Bertz CT molecular complexity index is 361. The molecule has 1 N–H and O–H groups in total. The van der Waals surface area contributed by atoms with Crippen LogP contribution in [0.1, 0.15) is 19.3 Å². The zero-order valence-electron chi connectivity index (χ0n) is 8.76. The molecule has 1 unspecified atom stereocenters. The average Bonchev–Trinajstić information content (AvgIpc) is 2.72. The number of carboxylic acids is 1. The fourth-order valence-electron chi connectivity index (χ4n) is 2.11. The average molecular weight is 209 g/mol. The van der Waals surface area contributed by atoms with Crippen molar-refractivity contribution in [1.29, 1.82) is 0 Å². The maximum Gasteiger partial charge on any atom is 0.305 e. The number of hydrogen-bond acceptors (Lipinski definition) is 3. The maximum absolute atomic E-state index is 10.7. The Morgan fingerprint density at radius 1 is 1.73 bits per heavy atom. The van der Waals surface area contributed by atoms with E-state index in [1.807, 2.05) is 19.3 Å². The third-order valence-corrected chi connectivity index (χ3v) is 2.78. The number of nitrogens with zero attached hydrogens (tertiary/aromatic N) is 3. The molecule has 0 spiro atoms. The van der Waals surface area contributed by atoms with Gasteiger partial charge in [-0.05, 0) is 12.8 Å². The summed E-state index contributed by atoms with van der Waals surface area (Å²) in [5, 5.41) is 13.1. The van der Waals surface area contributed by atoms with Crippen LogP contribution in [0.5, 0.6) is 0 Å². The van der Waals surface area contributed by atoms with Crippen molar-refractivity contribution >= 4 is 11.8 Å². The van der Waals surface area contributed by atoms with Crippen molar-refractivity contribution in [3.63, 3.8) is 0 Å². The van der Waals surface area contributed by atoms with E-state index in [9.17, 15) is 4.79 Å². The molecule has 0 bridgehead atoms. The molecule has 82 valence electrons. The molecule has 0 aliphatic carbocycles. The van der Waals surface area contributed by atoms with Crippen LogP contribution < -0.4 is 4.90 Å². The first-order chi connectivity index (χ1) is 7.16. The summed E-state index contributed by atoms with van der Waals surface area (Å²) in [7, 11) is 1.87. The normalized spacial score (nSPS) is 20.9. The number of hydrogen-bond donors (Lipinski definition) is 1. The highest BCUT2D eigenvalue weighted by Crippen LogP contribution is 2.25. The standard InChI is InChI=1S/C10H15N3O2/c1-12-6-4-9(11-12)13-5-2-3-8(13)7-10(14)15/h4,6,8H,2-3,5,7H2,1H3,(H,14,15). The Balaban J connectivity index is 2.10. The van der Waals surface area contributed by atoms with Crippen LogP contribution in [0.2, 0.25) is 0 Å². The summed E-state index contributed by atoms with van der Waals surface area (Å²) in [6.45, 7) is 0.912. The summed E-state index contributed by atoms with van der Waals surface area (Å²) in [4.78, 5) is 12.8. The molecule has 1 fully saturated rings. The molecule has 1 atom stereocenters. The Kier molecular flexibility index (Phi) is 2.62. The first-order valence-electron chi connectivity index (χ1n) is 5.15. The highest BCUT2D eigenvalue weighted by atomic mass is 16.4. The molecule has 0 radical (unpaired) electrons. The third kappa shape index (κ3) is 2.11. The van der Waals surface area contributed by atoms with Crippen LogP contribution in [-0.4, -0.2) is 33.4 Å². The van der Waals surface area contributed by atoms with Crippen molar-refractivity contribution in [3.05, 3.63) is 12.3 Å². The number of carboxylic acid groups (broad SMARTS) is 1. The van der Waals surface area contributed by atoms with Crippen molar-refractivity contribution in [1.82, 2.24) is 9.78 Å². The minimum absolute atomic E-state index is 0.109. The number of anilines is 1. The molecule has 1 aliphatic heterocycles. The lowest BCUT2D eigenvalue weighted by atomic mass is 10.1. The molecule has 1 aliphatic rings. The van der Waals surface area contributed by atoms with Gasteiger partial charge in [-0.1, -0.05) is 0 Å². The van der Waals surface area contributed by atoms with Gasteiger partial charge in [-0.15, -0.1) is 0 Å². The number of aromatic nitrogens is 2. The van der Waals surface area contributed by atoms with Crippen molar-refractivity contribution in [2.75, 3.05) is 11.4 Å². The Labute approximate surface area is 88.3 Å². The van der Waals surface area contributed by atoms with Crippen LogP contribution in [0.4, 0.5) is 5.82 Å². The summed E-state index contributed by atoms with van der Waals surface area (Å²) in [5.41, 5.74) is 0. The Hall–Kier alpha value is -1.52. The predicted octanol–water partition coefficient (Wildman–Crippen LogP) is 0.864. The number of aryl methyl sites for hydroxylation is 1. The summed E-state index contributed by atoms with van der Waals surface area (Å²) in [5.74, 6) is 0.157. The SMILES string of the molecule is Cn1ccc(N2CCCC2CC(=O)O)n1. The van der Waals surface area contributed by atoms with Gasteiger partial charge >= 0.3 is 5.97 Å². The second-order valence-corrected chi connectivity index (χ2v) is 3.93. The first-order valence-corrected chi connectivity index (χ1v) is 5.15. The van der Waals surface area contributed by atoms with Crippen LogP contribution in [0, 0.1) is 0 Å². The highest BCUT2D eigenvalue weighted by molar-refractivity contribution is 5.68. The summed E-state index contributed by atoms with van der Waals surface area (Å²) in [6.07, 6.45) is 4.08. The summed E-state index contributed by atoms with van der Waals surface area (Å²) >= 11 is 0. The molecule has 0 amide bonds. The molecule has 5 nitrogen and oxygen atoms in total. The molecule has 2 heterocycles. The Morgan fingerprint density at radius 3 is 3.13 bits per heavy atom. The maximum atomic E-state index is 10.7. The molecule has 2 rings (SSSR count). The lowest BCUT2D eigenvalue weighted by Gasteiger charge is -2.22. The van der Waals surface area contributed by atoms with Crippen molar-refractivity contribution in [2.45, 2.75) is 25.3 Å². The van der Waals surface area contributed by atoms with E-state index in [2.05, 4.69) is 10.00 Å². The van der Waals surface area contributed by atoms with E-state index in [0.717, 1.165) is 25.2 Å². The molecule has 0 saturated carbocycles. The van der Waals surface area contributed by atoms with Gasteiger partial charge in [-0.3, -0.25) is 9.48 Å². The molecule has 1 aromatic rings. The van der Waals surface area contributed by atoms with Crippen LogP contribution in [0.25, 0.3) is 0 Å². The van der Waals surface area contributed by atoms with Gasteiger partial charge < -0.3 is 10.0 Å². The van der Waals surface area contributed by atoms with Crippen molar-refractivity contribution in [3.8, 4) is 0 Å². The fraction of sp³-hybridized carbons (Fsp3) is 0.600. The van der Waals surface area contributed by atoms with Gasteiger partial charge in [0.2, 0.25) is 0 Å². The predicted molar refractivity (Wildman–Crippen MR) is 55.8 cm³/mol. The second kappa shape index (κ2) is 3.92. The van der Waals surface area contributed by atoms with Gasteiger partial charge in [0.05, 0.1) is 6.42 Å². The first kappa shape index (κ1) is 10.0. The zero-order chi connectivity index (χ0) is 10.8. The monoisotopic (exact) mass is 209 g/mol. The van der Waals surface area contributed by atoms with Gasteiger partial charge in [0, 0.05) is 31.9 Å². The van der Waals surface area contributed by atoms with E-state index in [4.69, 9.17) is 5.11 Å². The number of aliphatic carboxylic acids is 1. The Morgan fingerprint density at radius 2 is 2.53 bits per heavy atom. The van der Waals surface area contributed by atoms with Crippen molar-refractivity contribution in [2.24, 2.45) is 7.05 Å². The lowest BCUT2D eigenvalue weighted by Crippen LogP contribution is -2.31. The topological polar surface area (TPSA) is 58.4 Å². The fourth-order valence-corrected chi connectivity index (χ4v) is 2.11. The van der Waals surface area contributed by atoms with Gasteiger partial charge in [-0.2, -0.15) is 5.10 Å². The molecule has 1 saturated heterocycles.